The van der Waals surface area contributed by atoms with E-state index in [-0.39, 0.29) is 0 Å². The monoisotopic (exact) mass is 427 g/mol. The molecular weight excluding hydrogens is 406 g/mol. The van der Waals surface area contributed by atoms with Crippen molar-refractivity contribution in [2.75, 3.05) is 0 Å². The van der Waals surface area contributed by atoms with Crippen molar-refractivity contribution in [2.24, 2.45) is 0 Å². The number of pyridine rings is 1. The molecule has 2 heterocycles. The smallest absolute Gasteiger partial charge is 0.159 e. The first-order chi connectivity index (χ1) is 16.4. The Hall–Kier alpha value is -4.31. The van der Waals surface area contributed by atoms with Crippen molar-refractivity contribution >= 4 is 27.1 Å². The first-order valence-corrected chi connectivity index (χ1v) is 11.1. The molecule has 0 spiro atoms. The summed E-state index contributed by atoms with van der Waals surface area (Å²) in [4.78, 5) is 13.1. The van der Waals surface area contributed by atoms with Crippen LogP contribution in [0.25, 0.3) is 38.5 Å². The lowest BCUT2D eigenvalue weighted by Gasteiger charge is -2.19. The molecule has 5 aromatic rings. The van der Waals surface area contributed by atoms with Crippen molar-refractivity contribution < 1.29 is 4.74 Å². The second-order valence-corrected chi connectivity index (χ2v) is 8.03. The Kier molecular flexibility index (Phi) is 4.89. The molecule has 1 aliphatic carbocycles. The van der Waals surface area contributed by atoms with Gasteiger partial charge in [-0.3, -0.25) is 4.98 Å². The SMILES string of the molecule is C1=CCCC(c2c3ccccc3c(Oc3ccc(-c4ncccn4)cc3)c3ccncc23)=C1. The summed E-state index contributed by atoms with van der Waals surface area (Å²) < 4.78 is 6.54. The van der Waals surface area contributed by atoms with Crippen molar-refractivity contribution in [3.05, 3.63) is 109 Å². The van der Waals surface area contributed by atoms with Crippen molar-refractivity contribution in [1.82, 2.24) is 15.0 Å². The van der Waals surface area contributed by atoms with E-state index in [0.717, 1.165) is 46.1 Å². The molecule has 0 saturated heterocycles. The second-order valence-electron chi connectivity index (χ2n) is 8.03. The van der Waals surface area contributed by atoms with E-state index in [4.69, 9.17) is 4.74 Å². The Morgan fingerprint density at radius 1 is 0.727 bits per heavy atom. The molecule has 0 saturated carbocycles. The van der Waals surface area contributed by atoms with Crippen molar-refractivity contribution in [3.8, 4) is 22.9 Å². The van der Waals surface area contributed by atoms with Gasteiger partial charge >= 0.3 is 0 Å². The molecule has 0 aliphatic heterocycles. The highest BCUT2D eigenvalue weighted by atomic mass is 16.5. The maximum atomic E-state index is 6.54. The molecule has 4 heteroatoms. The minimum Gasteiger partial charge on any atom is -0.456 e. The van der Waals surface area contributed by atoms with E-state index < -0.39 is 0 Å². The summed E-state index contributed by atoms with van der Waals surface area (Å²) in [5, 5.41) is 4.45. The molecule has 0 fully saturated rings. The first-order valence-electron chi connectivity index (χ1n) is 11.1. The minimum atomic E-state index is 0.699. The van der Waals surface area contributed by atoms with Crippen molar-refractivity contribution in [3.63, 3.8) is 0 Å². The van der Waals surface area contributed by atoms with Gasteiger partial charge < -0.3 is 4.74 Å². The number of hydrogen-bond donors (Lipinski definition) is 0. The van der Waals surface area contributed by atoms with Crippen LogP contribution in [0.3, 0.4) is 0 Å². The second kappa shape index (κ2) is 8.32. The molecule has 3 aromatic carbocycles. The van der Waals surface area contributed by atoms with E-state index in [2.05, 4.69) is 57.4 Å². The average molecular weight is 428 g/mol. The predicted molar refractivity (Wildman–Crippen MR) is 133 cm³/mol. The van der Waals surface area contributed by atoms with Crippen LogP contribution in [-0.4, -0.2) is 15.0 Å². The topological polar surface area (TPSA) is 47.9 Å². The molecule has 0 unspecified atom stereocenters. The predicted octanol–water partition coefficient (Wildman–Crippen LogP) is 7.37. The molecule has 1 aliphatic rings. The van der Waals surface area contributed by atoms with Crippen molar-refractivity contribution in [2.45, 2.75) is 12.8 Å². The number of rotatable bonds is 4. The molecule has 0 N–H and O–H groups in total. The fourth-order valence-electron chi connectivity index (χ4n) is 4.49. The highest BCUT2D eigenvalue weighted by molar-refractivity contribution is 6.13. The molecule has 2 aromatic heterocycles. The number of fused-ring (bicyclic) bond motifs is 2. The van der Waals surface area contributed by atoms with Crippen LogP contribution in [0, 0.1) is 0 Å². The van der Waals surface area contributed by atoms with Crippen LogP contribution in [0.5, 0.6) is 11.5 Å². The zero-order chi connectivity index (χ0) is 22.0. The fourth-order valence-corrected chi connectivity index (χ4v) is 4.49. The highest BCUT2D eigenvalue weighted by Crippen LogP contribution is 2.43. The van der Waals surface area contributed by atoms with Gasteiger partial charge in [0, 0.05) is 46.5 Å². The number of benzene rings is 3. The van der Waals surface area contributed by atoms with E-state index in [0.29, 0.717) is 5.82 Å². The lowest BCUT2D eigenvalue weighted by Crippen LogP contribution is -1.96. The molecule has 0 radical (unpaired) electrons. The van der Waals surface area contributed by atoms with E-state index in [1.807, 2.05) is 48.8 Å². The van der Waals surface area contributed by atoms with Gasteiger partial charge in [0.15, 0.2) is 5.82 Å². The van der Waals surface area contributed by atoms with Gasteiger partial charge in [0.1, 0.15) is 11.5 Å². The normalized spacial score (nSPS) is 13.3. The zero-order valence-corrected chi connectivity index (χ0v) is 18.0. The standard InChI is InChI=1S/C29H21N3O/c1-2-7-20(8-3-1)27-23-9-4-5-10-24(23)28(25-15-18-30-19-26(25)27)33-22-13-11-21(12-14-22)29-31-16-6-17-32-29/h1-2,4-7,9-19H,3,8H2. The van der Waals surface area contributed by atoms with E-state index >= 15 is 0 Å². The molecule has 6 rings (SSSR count). The lowest BCUT2D eigenvalue weighted by atomic mass is 9.88. The molecule has 0 atom stereocenters. The molecule has 33 heavy (non-hydrogen) atoms. The Morgan fingerprint density at radius 2 is 1.52 bits per heavy atom. The van der Waals surface area contributed by atoms with E-state index in [1.54, 1.807) is 12.4 Å². The number of ether oxygens (including phenoxy) is 1. The Labute approximate surface area is 191 Å². The summed E-state index contributed by atoms with van der Waals surface area (Å²) in [6, 6.07) is 20.3. The summed E-state index contributed by atoms with van der Waals surface area (Å²) in [5.41, 5.74) is 3.54. The maximum absolute atomic E-state index is 6.54. The number of aromatic nitrogens is 3. The zero-order valence-electron chi connectivity index (χ0n) is 18.0. The third-order valence-corrected chi connectivity index (χ3v) is 6.01. The Morgan fingerprint density at radius 3 is 2.30 bits per heavy atom. The summed E-state index contributed by atoms with van der Waals surface area (Å²) in [7, 11) is 0. The van der Waals surface area contributed by atoms with Crippen LogP contribution in [0.4, 0.5) is 0 Å². The molecule has 0 bridgehead atoms. The van der Waals surface area contributed by atoms with Crippen LogP contribution in [0.2, 0.25) is 0 Å². The van der Waals surface area contributed by atoms with Gasteiger partial charge in [-0.2, -0.15) is 0 Å². The molecule has 0 amide bonds. The van der Waals surface area contributed by atoms with Crippen LogP contribution in [0.15, 0.2) is 104 Å². The summed E-state index contributed by atoms with van der Waals surface area (Å²) in [6.07, 6.45) is 16.0. The quantitative estimate of drug-likeness (QED) is 0.281. The van der Waals surface area contributed by atoms with Crippen molar-refractivity contribution in [1.29, 1.82) is 0 Å². The van der Waals surface area contributed by atoms with Gasteiger partial charge in [-0.05, 0) is 65.8 Å². The molecule has 4 nitrogen and oxygen atoms in total. The van der Waals surface area contributed by atoms with Crippen LogP contribution in [0.1, 0.15) is 18.4 Å². The largest absolute Gasteiger partial charge is 0.456 e. The lowest BCUT2D eigenvalue weighted by molar-refractivity contribution is 0.494. The third kappa shape index (κ3) is 3.56. The first kappa shape index (κ1) is 19.4. The van der Waals surface area contributed by atoms with Gasteiger partial charge in [0.05, 0.1) is 0 Å². The minimum absolute atomic E-state index is 0.699. The Balaban J connectivity index is 1.50. The summed E-state index contributed by atoms with van der Waals surface area (Å²) in [5.74, 6) is 2.32. The molecule has 158 valence electrons. The highest BCUT2D eigenvalue weighted by Gasteiger charge is 2.18. The number of allylic oxidation sites excluding steroid dienone is 4. The van der Waals surface area contributed by atoms with Gasteiger partial charge in [0.2, 0.25) is 0 Å². The number of nitrogens with zero attached hydrogens (tertiary/aromatic N) is 3. The van der Waals surface area contributed by atoms with E-state index in [9.17, 15) is 0 Å². The average Bonchev–Trinajstić information content (AvgIpc) is 2.90. The van der Waals surface area contributed by atoms with Gasteiger partial charge in [-0.25, -0.2) is 9.97 Å². The van der Waals surface area contributed by atoms with Gasteiger partial charge in [0.25, 0.3) is 0 Å². The van der Waals surface area contributed by atoms with Crippen LogP contribution >= 0.6 is 0 Å². The Bertz CT molecular complexity index is 1460. The maximum Gasteiger partial charge on any atom is 0.159 e. The molecular formula is C29H21N3O. The van der Waals surface area contributed by atoms with Gasteiger partial charge in [-0.1, -0.05) is 42.5 Å². The summed E-state index contributed by atoms with van der Waals surface area (Å²) >= 11 is 0. The fraction of sp³-hybridized carbons (Fsp3) is 0.0690. The number of hydrogen-bond acceptors (Lipinski definition) is 4. The van der Waals surface area contributed by atoms with Crippen LogP contribution in [-0.2, 0) is 0 Å². The third-order valence-electron chi connectivity index (χ3n) is 6.01. The van der Waals surface area contributed by atoms with Crippen LogP contribution < -0.4 is 4.74 Å². The van der Waals surface area contributed by atoms with Gasteiger partial charge in [-0.15, -0.1) is 0 Å². The van der Waals surface area contributed by atoms with E-state index in [1.165, 1.54) is 16.5 Å². The summed E-state index contributed by atoms with van der Waals surface area (Å²) in [6.45, 7) is 0.